The van der Waals surface area contributed by atoms with Gasteiger partial charge in [-0.15, -0.1) is 0 Å². The summed E-state index contributed by atoms with van der Waals surface area (Å²) in [4.78, 5) is 4.92. The van der Waals surface area contributed by atoms with Crippen LogP contribution in [-0.2, 0) is 0 Å². The number of imidazole rings is 1. The van der Waals surface area contributed by atoms with Crippen LogP contribution in [0.2, 0.25) is 0 Å². The lowest BCUT2D eigenvalue weighted by Crippen LogP contribution is -2.36. The smallest absolute Gasteiger partial charge is 0.139 e. The van der Waals surface area contributed by atoms with Gasteiger partial charge < -0.3 is 5.32 Å². The monoisotopic (exact) mass is 335 g/mol. The van der Waals surface area contributed by atoms with Crippen LogP contribution in [0.4, 0.5) is 5.82 Å². The molecule has 3 rings (SSSR count). The summed E-state index contributed by atoms with van der Waals surface area (Å²) < 4.78 is 2.17. The third-order valence-electron chi connectivity index (χ3n) is 4.26. The Morgan fingerprint density at radius 2 is 1.68 bits per heavy atom. The Labute approximate surface area is 151 Å². The fraction of sp³-hybridized carbons (Fsp3) is 0.409. The van der Waals surface area contributed by atoms with Crippen LogP contribution in [-0.4, -0.2) is 14.9 Å². The molecule has 0 radical (unpaired) electrons. The maximum atomic E-state index is 4.92. The summed E-state index contributed by atoms with van der Waals surface area (Å²) in [7, 11) is 0. The molecular formula is C22H29N3. The number of rotatable bonds is 4. The van der Waals surface area contributed by atoms with Gasteiger partial charge in [-0.1, -0.05) is 51.1 Å². The zero-order chi connectivity index (χ0) is 18.2. The first-order chi connectivity index (χ1) is 11.6. The third kappa shape index (κ3) is 4.04. The van der Waals surface area contributed by atoms with Crippen molar-refractivity contribution in [2.75, 3.05) is 5.32 Å². The zero-order valence-corrected chi connectivity index (χ0v) is 16.2. The Bertz CT molecular complexity index is 867. The molecule has 2 aromatic heterocycles. The average molecular weight is 335 g/mol. The van der Waals surface area contributed by atoms with Crippen LogP contribution < -0.4 is 5.32 Å². The summed E-state index contributed by atoms with van der Waals surface area (Å²) in [5, 5.41) is 3.78. The molecule has 0 saturated heterocycles. The van der Waals surface area contributed by atoms with Gasteiger partial charge in [-0.3, -0.25) is 4.40 Å². The molecule has 0 atom stereocenters. The van der Waals surface area contributed by atoms with Crippen LogP contribution in [0.5, 0.6) is 0 Å². The number of aromatic nitrogens is 2. The molecule has 0 amide bonds. The minimum Gasteiger partial charge on any atom is -0.364 e. The van der Waals surface area contributed by atoms with Crippen molar-refractivity contribution in [2.24, 2.45) is 5.41 Å². The van der Waals surface area contributed by atoms with Crippen LogP contribution in [0.1, 0.15) is 46.6 Å². The fourth-order valence-corrected chi connectivity index (χ4v) is 3.75. The highest BCUT2D eigenvalue weighted by Crippen LogP contribution is 2.34. The summed E-state index contributed by atoms with van der Waals surface area (Å²) in [6.45, 7) is 13.5. The molecule has 1 N–H and O–H groups in total. The van der Waals surface area contributed by atoms with Gasteiger partial charge in [0.25, 0.3) is 0 Å². The molecule has 0 spiro atoms. The van der Waals surface area contributed by atoms with E-state index in [1.54, 1.807) is 0 Å². The van der Waals surface area contributed by atoms with E-state index in [-0.39, 0.29) is 11.0 Å². The van der Waals surface area contributed by atoms with E-state index in [2.05, 4.69) is 93.9 Å². The molecule has 2 heterocycles. The number of pyridine rings is 1. The largest absolute Gasteiger partial charge is 0.364 e. The van der Waals surface area contributed by atoms with Crippen molar-refractivity contribution < 1.29 is 0 Å². The Balaban J connectivity index is 2.12. The van der Waals surface area contributed by atoms with E-state index in [0.717, 1.165) is 29.1 Å². The molecule has 1 aromatic carbocycles. The van der Waals surface area contributed by atoms with Gasteiger partial charge in [-0.05, 0) is 50.3 Å². The highest BCUT2D eigenvalue weighted by molar-refractivity contribution is 5.77. The van der Waals surface area contributed by atoms with E-state index in [1.165, 1.54) is 5.56 Å². The summed E-state index contributed by atoms with van der Waals surface area (Å²) in [5.41, 5.74) is 4.56. The van der Waals surface area contributed by atoms with Crippen LogP contribution in [0.25, 0.3) is 16.9 Å². The molecule has 25 heavy (non-hydrogen) atoms. The number of aryl methyl sites for hydroxylation is 1. The van der Waals surface area contributed by atoms with Crippen LogP contribution >= 0.6 is 0 Å². The van der Waals surface area contributed by atoms with Gasteiger partial charge in [-0.2, -0.15) is 0 Å². The highest BCUT2D eigenvalue weighted by Gasteiger charge is 2.28. The summed E-state index contributed by atoms with van der Waals surface area (Å²) in [6, 6.07) is 14.7. The summed E-state index contributed by atoms with van der Waals surface area (Å²) in [6.07, 6.45) is 3.17. The fourth-order valence-electron chi connectivity index (χ4n) is 3.75. The van der Waals surface area contributed by atoms with E-state index in [9.17, 15) is 0 Å². The van der Waals surface area contributed by atoms with E-state index in [0.29, 0.717) is 0 Å². The molecule has 0 aliphatic heterocycles. The van der Waals surface area contributed by atoms with Crippen molar-refractivity contribution in [3.8, 4) is 11.3 Å². The van der Waals surface area contributed by atoms with Gasteiger partial charge >= 0.3 is 0 Å². The van der Waals surface area contributed by atoms with Crippen molar-refractivity contribution in [3.63, 3.8) is 0 Å². The van der Waals surface area contributed by atoms with E-state index in [4.69, 9.17) is 4.98 Å². The van der Waals surface area contributed by atoms with Gasteiger partial charge in [0.2, 0.25) is 0 Å². The molecule has 0 aliphatic carbocycles. The molecule has 3 nitrogen and oxygen atoms in total. The number of hydrogen-bond donors (Lipinski definition) is 1. The van der Waals surface area contributed by atoms with E-state index >= 15 is 0 Å². The molecule has 3 heteroatoms. The minimum atomic E-state index is -0.0391. The Hall–Kier alpha value is -2.29. The lowest BCUT2D eigenvalue weighted by Gasteiger charge is -2.34. The van der Waals surface area contributed by atoms with Gasteiger partial charge in [0.15, 0.2) is 0 Å². The SMILES string of the molecule is Cc1ccn2c(NC(C)(C)CC(C)(C)C)c(-c3ccccc3)nc2c1. The molecular weight excluding hydrogens is 306 g/mol. The second-order valence-electron chi connectivity index (χ2n) is 8.85. The summed E-state index contributed by atoms with van der Waals surface area (Å²) >= 11 is 0. The third-order valence-corrected chi connectivity index (χ3v) is 4.26. The maximum absolute atomic E-state index is 4.92. The van der Waals surface area contributed by atoms with Crippen molar-refractivity contribution >= 4 is 11.5 Å². The average Bonchev–Trinajstić information content (AvgIpc) is 2.82. The first-order valence-corrected chi connectivity index (χ1v) is 8.97. The van der Waals surface area contributed by atoms with Crippen molar-refractivity contribution in [1.29, 1.82) is 0 Å². The van der Waals surface area contributed by atoms with E-state index < -0.39 is 0 Å². The van der Waals surface area contributed by atoms with Gasteiger partial charge in [-0.25, -0.2) is 4.98 Å². The number of nitrogens with one attached hydrogen (secondary N) is 1. The summed E-state index contributed by atoms with van der Waals surface area (Å²) in [5.74, 6) is 1.07. The minimum absolute atomic E-state index is 0.0391. The quantitative estimate of drug-likeness (QED) is 0.639. The second-order valence-corrected chi connectivity index (χ2v) is 8.85. The van der Waals surface area contributed by atoms with Crippen molar-refractivity contribution in [1.82, 2.24) is 9.38 Å². The number of nitrogens with zero attached hydrogens (tertiary/aromatic N) is 2. The van der Waals surface area contributed by atoms with Gasteiger partial charge in [0, 0.05) is 17.3 Å². The van der Waals surface area contributed by atoms with Crippen molar-refractivity contribution in [2.45, 2.75) is 53.5 Å². The molecule has 3 aromatic rings. The first kappa shape index (κ1) is 17.5. The second kappa shape index (κ2) is 6.21. The maximum Gasteiger partial charge on any atom is 0.139 e. The lowest BCUT2D eigenvalue weighted by atomic mass is 9.82. The molecule has 132 valence electrons. The number of fused-ring (bicyclic) bond motifs is 1. The van der Waals surface area contributed by atoms with E-state index in [1.807, 2.05) is 6.07 Å². The highest BCUT2D eigenvalue weighted by atomic mass is 15.2. The van der Waals surface area contributed by atoms with Crippen LogP contribution in [0.15, 0.2) is 48.7 Å². The lowest BCUT2D eigenvalue weighted by molar-refractivity contribution is 0.302. The van der Waals surface area contributed by atoms with Crippen molar-refractivity contribution in [3.05, 3.63) is 54.2 Å². The predicted octanol–water partition coefficient (Wildman–Crippen LogP) is 5.94. The van der Waals surface area contributed by atoms with Gasteiger partial charge in [0.05, 0.1) is 0 Å². The molecule has 0 fully saturated rings. The molecule has 0 unspecified atom stereocenters. The normalized spacial score (nSPS) is 12.6. The Kier molecular flexibility index (Phi) is 4.36. The Morgan fingerprint density at radius 3 is 2.32 bits per heavy atom. The van der Waals surface area contributed by atoms with Gasteiger partial charge in [0.1, 0.15) is 17.2 Å². The molecule has 0 saturated carbocycles. The zero-order valence-electron chi connectivity index (χ0n) is 16.2. The molecule has 0 bridgehead atoms. The van der Waals surface area contributed by atoms with Crippen LogP contribution in [0.3, 0.4) is 0 Å². The topological polar surface area (TPSA) is 29.3 Å². The Morgan fingerprint density at radius 1 is 1.00 bits per heavy atom. The number of hydrogen-bond acceptors (Lipinski definition) is 2. The number of benzene rings is 1. The standard InChI is InChI=1S/C22H29N3/c1-16-12-13-25-18(14-16)23-19(17-10-8-7-9-11-17)20(25)24-22(5,6)15-21(2,3)4/h7-14,24H,15H2,1-6H3. The molecule has 0 aliphatic rings. The van der Waals surface area contributed by atoms with Crippen LogP contribution in [0, 0.1) is 12.3 Å². The predicted molar refractivity (Wildman–Crippen MR) is 107 cm³/mol. The number of anilines is 1. The first-order valence-electron chi connectivity index (χ1n) is 8.97.